The summed E-state index contributed by atoms with van der Waals surface area (Å²) in [7, 11) is 0. The first-order chi connectivity index (χ1) is 9.25. The SMILES string of the molecule is CC(C)(C(=O)N1CCOCC1(C)C)c1ccc(N)cc1. The molecule has 20 heavy (non-hydrogen) atoms. The summed E-state index contributed by atoms with van der Waals surface area (Å²) in [4.78, 5) is 14.9. The van der Waals surface area contributed by atoms with Gasteiger partial charge in [0.15, 0.2) is 0 Å². The van der Waals surface area contributed by atoms with E-state index in [1.807, 2.05) is 56.9 Å². The van der Waals surface area contributed by atoms with Gasteiger partial charge in [-0.05, 0) is 45.4 Å². The van der Waals surface area contributed by atoms with Gasteiger partial charge in [0.1, 0.15) is 0 Å². The second-order valence-electron chi connectivity index (χ2n) is 6.57. The van der Waals surface area contributed by atoms with Crippen LogP contribution in [0.3, 0.4) is 0 Å². The molecule has 0 spiro atoms. The molecule has 1 heterocycles. The van der Waals surface area contributed by atoms with Gasteiger partial charge in [0.25, 0.3) is 0 Å². The third-order valence-corrected chi connectivity index (χ3v) is 4.06. The second-order valence-corrected chi connectivity index (χ2v) is 6.57. The Kier molecular flexibility index (Phi) is 3.78. The molecule has 0 aliphatic carbocycles. The predicted octanol–water partition coefficient (Wildman–Crippen LogP) is 2.18. The first-order valence-electron chi connectivity index (χ1n) is 7.01. The van der Waals surface area contributed by atoms with Gasteiger partial charge in [0.05, 0.1) is 24.2 Å². The average Bonchev–Trinajstić information content (AvgIpc) is 2.38. The molecule has 0 bridgehead atoms. The topological polar surface area (TPSA) is 55.6 Å². The summed E-state index contributed by atoms with van der Waals surface area (Å²) in [5, 5.41) is 0. The molecule has 0 atom stereocenters. The summed E-state index contributed by atoms with van der Waals surface area (Å²) in [6.45, 7) is 9.85. The maximum atomic E-state index is 13.0. The molecule has 110 valence electrons. The van der Waals surface area contributed by atoms with Gasteiger partial charge in [-0.25, -0.2) is 0 Å². The Balaban J connectivity index is 2.28. The van der Waals surface area contributed by atoms with E-state index >= 15 is 0 Å². The molecule has 2 N–H and O–H groups in total. The summed E-state index contributed by atoms with van der Waals surface area (Å²) >= 11 is 0. The Morgan fingerprint density at radius 1 is 1.30 bits per heavy atom. The van der Waals surface area contributed by atoms with E-state index in [1.54, 1.807) is 0 Å². The highest BCUT2D eigenvalue weighted by atomic mass is 16.5. The van der Waals surface area contributed by atoms with Crippen molar-refractivity contribution in [2.75, 3.05) is 25.5 Å². The molecular weight excluding hydrogens is 252 g/mol. The molecule has 1 aliphatic heterocycles. The third-order valence-electron chi connectivity index (χ3n) is 4.06. The summed E-state index contributed by atoms with van der Waals surface area (Å²) in [6, 6.07) is 7.55. The molecule has 2 rings (SSSR count). The fourth-order valence-electron chi connectivity index (χ4n) is 2.60. The van der Waals surface area contributed by atoms with Gasteiger partial charge in [-0.1, -0.05) is 12.1 Å². The molecule has 1 fully saturated rings. The van der Waals surface area contributed by atoms with E-state index in [9.17, 15) is 4.79 Å². The van der Waals surface area contributed by atoms with Crippen LogP contribution in [-0.4, -0.2) is 36.1 Å². The number of anilines is 1. The number of morpholine rings is 1. The largest absolute Gasteiger partial charge is 0.399 e. The van der Waals surface area contributed by atoms with Crippen molar-refractivity contribution < 1.29 is 9.53 Å². The summed E-state index contributed by atoms with van der Waals surface area (Å²) in [6.07, 6.45) is 0. The van der Waals surface area contributed by atoms with E-state index in [1.165, 1.54) is 0 Å². The number of amides is 1. The zero-order valence-electron chi connectivity index (χ0n) is 12.8. The van der Waals surface area contributed by atoms with Crippen LogP contribution in [0.4, 0.5) is 5.69 Å². The molecule has 0 unspecified atom stereocenters. The lowest BCUT2D eigenvalue weighted by Gasteiger charge is -2.45. The quantitative estimate of drug-likeness (QED) is 0.842. The highest BCUT2D eigenvalue weighted by Crippen LogP contribution is 2.30. The van der Waals surface area contributed by atoms with Crippen LogP contribution in [0.15, 0.2) is 24.3 Å². The zero-order chi connectivity index (χ0) is 15.0. The van der Waals surface area contributed by atoms with Crippen molar-refractivity contribution in [3.63, 3.8) is 0 Å². The first-order valence-corrected chi connectivity index (χ1v) is 7.01. The van der Waals surface area contributed by atoms with Crippen molar-refractivity contribution in [3.05, 3.63) is 29.8 Å². The number of rotatable bonds is 2. The highest BCUT2D eigenvalue weighted by molar-refractivity contribution is 5.88. The van der Waals surface area contributed by atoms with E-state index in [-0.39, 0.29) is 11.4 Å². The van der Waals surface area contributed by atoms with Crippen molar-refractivity contribution in [1.82, 2.24) is 4.90 Å². The lowest BCUT2D eigenvalue weighted by atomic mass is 9.81. The lowest BCUT2D eigenvalue weighted by molar-refractivity contribution is -0.151. The molecule has 4 nitrogen and oxygen atoms in total. The van der Waals surface area contributed by atoms with E-state index < -0.39 is 5.41 Å². The number of carbonyl (C=O) groups excluding carboxylic acids is 1. The number of nitrogens with zero attached hydrogens (tertiary/aromatic N) is 1. The first kappa shape index (κ1) is 14.9. The number of nitrogens with two attached hydrogens (primary N) is 1. The fraction of sp³-hybridized carbons (Fsp3) is 0.562. The number of ether oxygens (including phenoxy) is 1. The average molecular weight is 276 g/mol. The van der Waals surface area contributed by atoms with Crippen molar-refractivity contribution >= 4 is 11.6 Å². The van der Waals surface area contributed by atoms with E-state index in [0.29, 0.717) is 25.4 Å². The molecule has 4 heteroatoms. The Morgan fingerprint density at radius 2 is 1.90 bits per heavy atom. The van der Waals surface area contributed by atoms with Crippen LogP contribution in [-0.2, 0) is 14.9 Å². The minimum absolute atomic E-state index is 0.135. The molecule has 1 saturated heterocycles. The zero-order valence-corrected chi connectivity index (χ0v) is 12.8. The summed E-state index contributed by atoms with van der Waals surface area (Å²) < 4.78 is 5.49. The van der Waals surface area contributed by atoms with E-state index in [4.69, 9.17) is 10.5 Å². The Hall–Kier alpha value is -1.55. The highest BCUT2D eigenvalue weighted by Gasteiger charge is 2.41. The van der Waals surface area contributed by atoms with E-state index in [2.05, 4.69) is 0 Å². The van der Waals surface area contributed by atoms with Crippen LogP contribution in [0.2, 0.25) is 0 Å². The van der Waals surface area contributed by atoms with Crippen LogP contribution in [0.5, 0.6) is 0 Å². The molecular formula is C16H24N2O2. The number of hydrogen-bond donors (Lipinski definition) is 1. The summed E-state index contributed by atoms with van der Waals surface area (Å²) in [5.74, 6) is 0.135. The normalized spacial score (nSPS) is 18.9. The molecule has 1 aromatic carbocycles. The smallest absolute Gasteiger partial charge is 0.233 e. The maximum absolute atomic E-state index is 13.0. The second kappa shape index (κ2) is 5.09. The molecule has 0 radical (unpaired) electrons. The minimum atomic E-state index is -0.567. The van der Waals surface area contributed by atoms with Crippen molar-refractivity contribution in [2.24, 2.45) is 0 Å². The number of benzene rings is 1. The van der Waals surface area contributed by atoms with Gasteiger partial charge in [-0.15, -0.1) is 0 Å². The van der Waals surface area contributed by atoms with Gasteiger partial charge in [-0.3, -0.25) is 4.79 Å². The molecule has 1 amide bonds. The van der Waals surface area contributed by atoms with Crippen molar-refractivity contribution in [1.29, 1.82) is 0 Å². The van der Waals surface area contributed by atoms with Crippen LogP contribution < -0.4 is 5.73 Å². The monoisotopic (exact) mass is 276 g/mol. The van der Waals surface area contributed by atoms with Crippen LogP contribution in [0.1, 0.15) is 33.3 Å². The van der Waals surface area contributed by atoms with Crippen molar-refractivity contribution in [2.45, 2.75) is 38.6 Å². The van der Waals surface area contributed by atoms with Gasteiger partial charge in [0, 0.05) is 12.2 Å². The lowest BCUT2D eigenvalue weighted by Crippen LogP contribution is -2.59. The Morgan fingerprint density at radius 3 is 2.45 bits per heavy atom. The van der Waals surface area contributed by atoms with Crippen LogP contribution in [0.25, 0.3) is 0 Å². The maximum Gasteiger partial charge on any atom is 0.233 e. The molecule has 0 saturated carbocycles. The van der Waals surface area contributed by atoms with Gasteiger partial charge >= 0.3 is 0 Å². The van der Waals surface area contributed by atoms with Gasteiger partial charge in [0.2, 0.25) is 5.91 Å². The third kappa shape index (κ3) is 2.66. The van der Waals surface area contributed by atoms with Gasteiger partial charge in [-0.2, -0.15) is 0 Å². The minimum Gasteiger partial charge on any atom is -0.399 e. The van der Waals surface area contributed by atoms with E-state index in [0.717, 1.165) is 5.56 Å². The van der Waals surface area contributed by atoms with Crippen LogP contribution in [0, 0.1) is 0 Å². The number of hydrogen-bond acceptors (Lipinski definition) is 3. The molecule has 1 aliphatic rings. The predicted molar refractivity (Wildman–Crippen MR) is 80.5 cm³/mol. The van der Waals surface area contributed by atoms with Crippen LogP contribution >= 0.6 is 0 Å². The molecule has 1 aromatic rings. The fourth-order valence-corrected chi connectivity index (χ4v) is 2.60. The summed E-state index contributed by atoms with van der Waals surface area (Å²) in [5.41, 5.74) is 6.59. The Bertz CT molecular complexity index is 492. The standard InChI is InChI=1S/C16H24N2O2/c1-15(2)11-20-10-9-18(15)14(19)16(3,4)12-5-7-13(17)8-6-12/h5-8H,9-11,17H2,1-4H3. The molecule has 0 aromatic heterocycles. The Labute approximate surface area is 120 Å². The van der Waals surface area contributed by atoms with Crippen molar-refractivity contribution in [3.8, 4) is 0 Å². The number of carbonyl (C=O) groups is 1. The number of nitrogen functional groups attached to an aromatic ring is 1. The van der Waals surface area contributed by atoms with Gasteiger partial charge < -0.3 is 15.4 Å².